The summed E-state index contributed by atoms with van der Waals surface area (Å²) in [5.41, 5.74) is 8.40. The standard InChI is InChI=1S/C34H29BrN4/c1-38-17-15-31-32(33(38)25-14-13-23-8-5-6-9-24(23)18-25)37-34(39(31)30-11-3-2-4-12-30)28-19-27(20-29(35)21-28)26-10-7-16-36-22-26/h2-15,17-22,33-34,36-37H,16H2,1H3. The van der Waals surface area contributed by atoms with E-state index in [9.17, 15) is 0 Å². The van der Waals surface area contributed by atoms with Gasteiger partial charge < -0.3 is 20.4 Å². The van der Waals surface area contributed by atoms with E-state index >= 15 is 0 Å². The number of halogens is 1. The van der Waals surface area contributed by atoms with Crippen molar-refractivity contribution in [3.8, 4) is 0 Å². The molecule has 0 bridgehead atoms. The number of allylic oxidation sites excluding steroid dienone is 3. The van der Waals surface area contributed by atoms with Crippen molar-refractivity contribution in [2.45, 2.75) is 12.2 Å². The molecule has 2 N–H and O–H groups in total. The predicted octanol–water partition coefficient (Wildman–Crippen LogP) is 7.62. The molecule has 4 aromatic carbocycles. The highest BCUT2D eigenvalue weighted by Crippen LogP contribution is 2.45. The number of nitrogens with zero attached hydrogens (tertiary/aromatic N) is 2. The van der Waals surface area contributed by atoms with Gasteiger partial charge in [-0.15, -0.1) is 0 Å². The van der Waals surface area contributed by atoms with Crippen LogP contribution in [0.1, 0.15) is 28.9 Å². The topological polar surface area (TPSA) is 30.5 Å². The lowest BCUT2D eigenvalue weighted by atomic mass is 9.96. The van der Waals surface area contributed by atoms with Gasteiger partial charge in [-0.25, -0.2) is 0 Å². The summed E-state index contributed by atoms with van der Waals surface area (Å²) in [5, 5.41) is 9.84. The van der Waals surface area contributed by atoms with Gasteiger partial charge in [0.15, 0.2) is 0 Å². The predicted molar refractivity (Wildman–Crippen MR) is 165 cm³/mol. The number of anilines is 1. The molecule has 4 nitrogen and oxygen atoms in total. The summed E-state index contributed by atoms with van der Waals surface area (Å²) in [6, 6.07) is 32.9. The van der Waals surface area contributed by atoms with Crippen molar-refractivity contribution in [3.63, 3.8) is 0 Å². The highest BCUT2D eigenvalue weighted by molar-refractivity contribution is 9.10. The zero-order chi connectivity index (χ0) is 26.3. The molecule has 0 radical (unpaired) electrons. The molecule has 0 saturated carbocycles. The molecule has 5 heteroatoms. The Morgan fingerprint density at radius 2 is 1.64 bits per heavy atom. The third-order valence-corrected chi connectivity index (χ3v) is 8.18. The molecule has 3 aliphatic heterocycles. The Kier molecular flexibility index (Phi) is 6.01. The Bertz CT molecular complexity index is 1680. The maximum atomic E-state index is 3.98. The lowest BCUT2D eigenvalue weighted by Crippen LogP contribution is -2.30. The third kappa shape index (κ3) is 4.33. The van der Waals surface area contributed by atoms with Crippen LogP contribution in [0.25, 0.3) is 16.3 Å². The smallest absolute Gasteiger partial charge is 0.130 e. The molecular formula is C34H29BrN4. The minimum Gasteiger partial charge on any atom is -0.387 e. The summed E-state index contributed by atoms with van der Waals surface area (Å²) < 4.78 is 1.06. The minimum atomic E-state index is -0.0612. The SMILES string of the molecule is CN1C=CC2=C(NC(c3cc(Br)cc(C4=CNCC=C4)c3)N2c2ccccc2)C1c1ccc2ccccc2c1. The first kappa shape index (κ1) is 23.9. The number of likely N-dealkylation sites (N-methyl/N-ethyl adjacent to an activating group) is 1. The third-order valence-electron chi connectivity index (χ3n) is 7.72. The normalized spacial score (nSPS) is 20.1. The van der Waals surface area contributed by atoms with E-state index in [4.69, 9.17) is 0 Å². The lowest BCUT2D eigenvalue weighted by Gasteiger charge is -2.32. The van der Waals surface area contributed by atoms with Crippen molar-refractivity contribution in [1.82, 2.24) is 15.5 Å². The molecule has 192 valence electrons. The fourth-order valence-corrected chi connectivity index (χ4v) is 6.41. The molecule has 0 spiro atoms. The van der Waals surface area contributed by atoms with E-state index in [1.54, 1.807) is 0 Å². The monoisotopic (exact) mass is 572 g/mol. The van der Waals surface area contributed by atoms with Crippen LogP contribution in [0, 0.1) is 0 Å². The van der Waals surface area contributed by atoms with Crippen LogP contribution in [-0.2, 0) is 0 Å². The Labute approximate surface area is 237 Å². The van der Waals surface area contributed by atoms with E-state index < -0.39 is 0 Å². The van der Waals surface area contributed by atoms with Gasteiger partial charge in [0.05, 0.1) is 17.4 Å². The molecule has 3 aliphatic rings. The van der Waals surface area contributed by atoms with Crippen LogP contribution < -0.4 is 15.5 Å². The number of hydrogen-bond donors (Lipinski definition) is 2. The second kappa shape index (κ2) is 9.83. The van der Waals surface area contributed by atoms with Crippen molar-refractivity contribution in [1.29, 1.82) is 0 Å². The van der Waals surface area contributed by atoms with Crippen LogP contribution in [-0.4, -0.2) is 18.5 Å². The number of fused-ring (bicyclic) bond motifs is 1. The maximum absolute atomic E-state index is 3.98. The molecule has 3 heterocycles. The number of nitrogens with one attached hydrogen (secondary N) is 2. The van der Waals surface area contributed by atoms with E-state index in [-0.39, 0.29) is 12.2 Å². The van der Waals surface area contributed by atoms with Gasteiger partial charge in [-0.05, 0) is 75.5 Å². The second-order valence-corrected chi connectivity index (χ2v) is 11.1. The van der Waals surface area contributed by atoms with Gasteiger partial charge in [-0.3, -0.25) is 0 Å². The van der Waals surface area contributed by atoms with Crippen LogP contribution in [0.4, 0.5) is 5.69 Å². The fourth-order valence-electron chi connectivity index (χ4n) is 5.90. The summed E-state index contributed by atoms with van der Waals surface area (Å²) >= 11 is 3.81. The molecule has 0 saturated heterocycles. The molecule has 7 rings (SSSR count). The highest BCUT2D eigenvalue weighted by atomic mass is 79.9. The van der Waals surface area contributed by atoms with E-state index in [2.05, 4.69) is 165 Å². The minimum absolute atomic E-state index is 0.0612. The average molecular weight is 574 g/mol. The molecule has 2 unspecified atom stereocenters. The van der Waals surface area contributed by atoms with Crippen molar-refractivity contribution >= 4 is 38.0 Å². The van der Waals surface area contributed by atoms with Crippen LogP contribution in [0.2, 0.25) is 0 Å². The first-order valence-corrected chi connectivity index (χ1v) is 14.1. The number of benzene rings is 4. The van der Waals surface area contributed by atoms with E-state index in [1.807, 2.05) is 0 Å². The quantitative estimate of drug-likeness (QED) is 0.263. The van der Waals surface area contributed by atoms with Gasteiger partial charge in [-0.2, -0.15) is 0 Å². The van der Waals surface area contributed by atoms with E-state index in [0.29, 0.717) is 0 Å². The number of dihydropyridines is 1. The lowest BCUT2D eigenvalue weighted by molar-refractivity contribution is 0.357. The Morgan fingerprint density at radius 3 is 2.46 bits per heavy atom. The van der Waals surface area contributed by atoms with Crippen LogP contribution in [0.3, 0.4) is 0 Å². The van der Waals surface area contributed by atoms with E-state index in [1.165, 1.54) is 44.4 Å². The molecule has 0 fully saturated rings. The summed E-state index contributed by atoms with van der Waals surface area (Å²) in [5.74, 6) is 0. The number of hydrogen-bond acceptors (Lipinski definition) is 4. The Morgan fingerprint density at radius 1 is 0.821 bits per heavy atom. The molecular weight excluding hydrogens is 544 g/mol. The zero-order valence-corrected chi connectivity index (χ0v) is 23.3. The summed E-state index contributed by atoms with van der Waals surface area (Å²) in [6.07, 6.45) is 10.8. The Balaban J connectivity index is 1.35. The van der Waals surface area contributed by atoms with Gasteiger partial charge in [0.25, 0.3) is 0 Å². The molecule has 4 aromatic rings. The zero-order valence-electron chi connectivity index (χ0n) is 21.7. The average Bonchev–Trinajstić information content (AvgIpc) is 3.37. The molecule has 0 aliphatic carbocycles. The van der Waals surface area contributed by atoms with Gasteiger partial charge in [0, 0.05) is 36.2 Å². The second-order valence-electron chi connectivity index (χ2n) is 10.2. The van der Waals surface area contributed by atoms with Crippen LogP contribution in [0.15, 0.2) is 137 Å². The van der Waals surface area contributed by atoms with Crippen LogP contribution >= 0.6 is 15.9 Å². The van der Waals surface area contributed by atoms with Crippen molar-refractivity contribution in [2.75, 3.05) is 18.5 Å². The summed E-state index contributed by atoms with van der Waals surface area (Å²) in [7, 11) is 2.16. The van der Waals surface area contributed by atoms with Crippen molar-refractivity contribution in [3.05, 3.63) is 154 Å². The van der Waals surface area contributed by atoms with Crippen LogP contribution in [0.5, 0.6) is 0 Å². The highest BCUT2D eigenvalue weighted by Gasteiger charge is 2.39. The van der Waals surface area contributed by atoms with Gasteiger partial charge in [-0.1, -0.05) is 82.7 Å². The number of para-hydroxylation sites is 1. The molecule has 2 atom stereocenters. The Hall–Kier alpha value is -4.22. The fraction of sp³-hybridized carbons (Fsp3) is 0.118. The first-order chi connectivity index (χ1) is 19.2. The van der Waals surface area contributed by atoms with Gasteiger partial charge in [0.1, 0.15) is 6.17 Å². The summed E-state index contributed by atoms with van der Waals surface area (Å²) in [6.45, 7) is 0.864. The van der Waals surface area contributed by atoms with Gasteiger partial charge >= 0.3 is 0 Å². The first-order valence-electron chi connectivity index (χ1n) is 13.3. The maximum Gasteiger partial charge on any atom is 0.130 e. The van der Waals surface area contributed by atoms with E-state index in [0.717, 1.165) is 16.7 Å². The molecule has 39 heavy (non-hydrogen) atoms. The van der Waals surface area contributed by atoms with Crippen molar-refractivity contribution in [2.24, 2.45) is 0 Å². The largest absolute Gasteiger partial charge is 0.387 e. The van der Waals surface area contributed by atoms with Gasteiger partial charge in [0.2, 0.25) is 0 Å². The summed E-state index contributed by atoms with van der Waals surface area (Å²) in [4.78, 5) is 4.74. The van der Waals surface area contributed by atoms with Crippen molar-refractivity contribution < 1.29 is 0 Å². The molecule has 0 amide bonds. The molecule has 0 aromatic heterocycles. The number of rotatable bonds is 4.